The molecular weight excluding hydrogens is 231 g/mol. The quantitative estimate of drug-likeness (QED) is 0.751. The summed E-state index contributed by atoms with van der Waals surface area (Å²) in [6, 6.07) is 5.44. The summed E-state index contributed by atoms with van der Waals surface area (Å²) in [5.74, 6) is -0.452. The number of benzene rings is 1. The predicted octanol–water partition coefficient (Wildman–Crippen LogP) is 1.77. The van der Waals surface area contributed by atoms with Gasteiger partial charge in [-0.1, -0.05) is 6.07 Å². The molecule has 0 N–H and O–H groups in total. The molecule has 0 saturated heterocycles. The van der Waals surface area contributed by atoms with Crippen molar-refractivity contribution in [2.75, 3.05) is 12.4 Å². The normalized spacial score (nSPS) is 11.3. The van der Waals surface area contributed by atoms with Crippen molar-refractivity contribution in [3.05, 3.63) is 30.1 Å². The Bertz CT molecular complexity index is 405. The van der Waals surface area contributed by atoms with Crippen LogP contribution in [0.3, 0.4) is 0 Å². The molecule has 0 fully saturated rings. The topological polar surface area (TPSA) is 43.4 Å². The van der Waals surface area contributed by atoms with E-state index in [-0.39, 0.29) is 18.1 Å². The molecule has 0 amide bonds. The summed E-state index contributed by atoms with van der Waals surface area (Å²) in [4.78, 5) is 0. The molecule has 0 saturated carbocycles. The maximum absolute atomic E-state index is 12.6. The van der Waals surface area contributed by atoms with E-state index in [4.69, 9.17) is 15.4 Å². The lowest BCUT2D eigenvalue weighted by molar-refractivity contribution is 0.339. The summed E-state index contributed by atoms with van der Waals surface area (Å²) in [6.07, 6.45) is 0. The number of hydrogen-bond donors (Lipinski definition) is 0. The van der Waals surface area contributed by atoms with Crippen molar-refractivity contribution in [3.8, 4) is 5.75 Å². The Morgan fingerprint density at radius 2 is 2.14 bits per heavy atom. The van der Waals surface area contributed by atoms with Crippen LogP contribution in [0.5, 0.6) is 5.75 Å². The summed E-state index contributed by atoms with van der Waals surface area (Å²) in [5, 5.41) is 0. The maximum Gasteiger partial charge on any atom is 0.235 e. The van der Waals surface area contributed by atoms with Crippen LogP contribution in [0, 0.1) is 5.82 Å². The fraction of sp³-hybridized carbons (Fsp3) is 0.250. The molecule has 0 radical (unpaired) electrons. The van der Waals surface area contributed by atoms with Crippen LogP contribution in [0.25, 0.3) is 0 Å². The fourth-order valence-electron chi connectivity index (χ4n) is 0.816. The molecule has 1 rings (SSSR count). The Hall–Kier alpha value is -0.810. The van der Waals surface area contributed by atoms with Gasteiger partial charge in [0.05, 0.1) is 5.75 Å². The molecule has 3 nitrogen and oxygen atoms in total. The van der Waals surface area contributed by atoms with E-state index >= 15 is 0 Å². The SMILES string of the molecule is O=S(=O)(Cl)CCOc1cccc(F)c1. The van der Waals surface area contributed by atoms with Gasteiger partial charge in [0.25, 0.3) is 0 Å². The van der Waals surface area contributed by atoms with Crippen LogP contribution in [-0.2, 0) is 9.05 Å². The van der Waals surface area contributed by atoms with Crippen molar-refractivity contribution in [1.29, 1.82) is 0 Å². The van der Waals surface area contributed by atoms with E-state index in [0.29, 0.717) is 0 Å². The highest BCUT2D eigenvalue weighted by molar-refractivity contribution is 8.13. The number of hydrogen-bond acceptors (Lipinski definition) is 3. The van der Waals surface area contributed by atoms with Gasteiger partial charge in [-0.15, -0.1) is 0 Å². The summed E-state index contributed by atoms with van der Waals surface area (Å²) in [7, 11) is 1.40. The summed E-state index contributed by atoms with van der Waals surface area (Å²) in [6.45, 7) is -0.0880. The van der Waals surface area contributed by atoms with Crippen LogP contribution in [0.4, 0.5) is 4.39 Å². The van der Waals surface area contributed by atoms with Gasteiger partial charge in [-0.2, -0.15) is 0 Å². The highest BCUT2D eigenvalue weighted by Gasteiger charge is 2.05. The summed E-state index contributed by atoms with van der Waals surface area (Å²) >= 11 is 0. The molecule has 0 aromatic heterocycles. The van der Waals surface area contributed by atoms with Crippen molar-refractivity contribution >= 4 is 19.7 Å². The number of ether oxygens (including phenoxy) is 1. The van der Waals surface area contributed by atoms with Gasteiger partial charge < -0.3 is 4.74 Å². The van der Waals surface area contributed by atoms with Crippen molar-refractivity contribution in [2.24, 2.45) is 0 Å². The molecule has 1 aromatic carbocycles. The van der Waals surface area contributed by atoms with Crippen molar-refractivity contribution in [2.45, 2.75) is 0 Å². The average Bonchev–Trinajstić information content (AvgIpc) is 2.01. The number of halogens is 2. The monoisotopic (exact) mass is 238 g/mol. The van der Waals surface area contributed by atoms with Crippen LogP contribution in [0.2, 0.25) is 0 Å². The lowest BCUT2D eigenvalue weighted by Gasteiger charge is -2.03. The largest absolute Gasteiger partial charge is 0.492 e. The molecule has 0 bridgehead atoms. The highest BCUT2D eigenvalue weighted by atomic mass is 35.7. The molecule has 0 unspecified atom stereocenters. The Morgan fingerprint density at radius 1 is 1.43 bits per heavy atom. The van der Waals surface area contributed by atoms with Gasteiger partial charge in [0.2, 0.25) is 9.05 Å². The first-order chi connectivity index (χ1) is 6.47. The van der Waals surface area contributed by atoms with E-state index in [0.717, 1.165) is 0 Å². The van der Waals surface area contributed by atoms with E-state index in [1.807, 2.05) is 0 Å². The smallest absolute Gasteiger partial charge is 0.235 e. The summed E-state index contributed by atoms with van der Waals surface area (Å²) in [5.41, 5.74) is 0. The molecule has 6 heteroatoms. The minimum atomic E-state index is -3.55. The Morgan fingerprint density at radius 3 is 2.71 bits per heavy atom. The molecule has 0 aliphatic carbocycles. The zero-order chi connectivity index (χ0) is 10.6. The molecule has 0 spiro atoms. The average molecular weight is 239 g/mol. The van der Waals surface area contributed by atoms with Crippen LogP contribution in [-0.4, -0.2) is 20.8 Å². The highest BCUT2D eigenvalue weighted by Crippen LogP contribution is 2.11. The first-order valence-corrected chi connectivity index (χ1v) is 6.26. The van der Waals surface area contributed by atoms with Crippen molar-refractivity contribution < 1.29 is 17.5 Å². The third kappa shape index (κ3) is 4.43. The van der Waals surface area contributed by atoms with Gasteiger partial charge in [0.1, 0.15) is 18.2 Å². The lowest BCUT2D eigenvalue weighted by atomic mass is 10.3. The molecule has 14 heavy (non-hydrogen) atoms. The molecule has 0 aliphatic heterocycles. The molecule has 1 aromatic rings. The molecule has 0 heterocycles. The molecular formula is C8H8ClFO3S. The standard InChI is InChI=1S/C8H8ClFO3S/c9-14(11,12)5-4-13-8-3-1-2-7(10)6-8/h1-3,6H,4-5H2. The maximum atomic E-state index is 12.6. The van der Waals surface area contributed by atoms with Crippen molar-refractivity contribution in [1.82, 2.24) is 0 Å². The summed E-state index contributed by atoms with van der Waals surface area (Å²) < 4.78 is 38.6. The van der Waals surface area contributed by atoms with Gasteiger partial charge in [0, 0.05) is 16.7 Å². The lowest BCUT2D eigenvalue weighted by Crippen LogP contribution is -2.08. The van der Waals surface area contributed by atoms with Crippen LogP contribution in [0.15, 0.2) is 24.3 Å². The van der Waals surface area contributed by atoms with E-state index in [1.165, 1.54) is 24.3 Å². The first kappa shape index (κ1) is 11.3. The van der Waals surface area contributed by atoms with Crippen LogP contribution < -0.4 is 4.74 Å². The first-order valence-electron chi connectivity index (χ1n) is 3.78. The molecule has 0 atom stereocenters. The van der Waals surface area contributed by atoms with Crippen LogP contribution in [0.1, 0.15) is 0 Å². The minimum absolute atomic E-state index is 0.0880. The van der Waals surface area contributed by atoms with Gasteiger partial charge >= 0.3 is 0 Å². The third-order valence-electron chi connectivity index (χ3n) is 1.39. The molecule has 0 aliphatic rings. The van der Waals surface area contributed by atoms with Crippen LogP contribution >= 0.6 is 10.7 Å². The van der Waals surface area contributed by atoms with E-state index in [1.54, 1.807) is 0 Å². The van der Waals surface area contributed by atoms with E-state index < -0.39 is 14.9 Å². The Kier molecular flexibility index (Phi) is 3.71. The van der Waals surface area contributed by atoms with Crippen molar-refractivity contribution in [3.63, 3.8) is 0 Å². The minimum Gasteiger partial charge on any atom is -0.492 e. The second-order valence-electron chi connectivity index (χ2n) is 2.55. The third-order valence-corrected chi connectivity index (χ3v) is 2.51. The fourth-order valence-corrected chi connectivity index (χ4v) is 1.29. The second-order valence-corrected chi connectivity index (χ2v) is 5.45. The van der Waals surface area contributed by atoms with Gasteiger partial charge in [0.15, 0.2) is 0 Å². The number of rotatable bonds is 4. The van der Waals surface area contributed by atoms with Gasteiger partial charge in [-0.3, -0.25) is 0 Å². The predicted molar refractivity (Wildman–Crippen MR) is 51.5 cm³/mol. The Labute approximate surface area is 85.9 Å². The van der Waals surface area contributed by atoms with E-state index in [9.17, 15) is 12.8 Å². The zero-order valence-electron chi connectivity index (χ0n) is 7.11. The van der Waals surface area contributed by atoms with Gasteiger partial charge in [-0.25, -0.2) is 12.8 Å². The second kappa shape index (κ2) is 4.61. The van der Waals surface area contributed by atoms with E-state index in [2.05, 4.69) is 0 Å². The molecule has 78 valence electrons. The van der Waals surface area contributed by atoms with Gasteiger partial charge in [-0.05, 0) is 12.1 Å². The Balaban J connectivity index is 2.47. The zero-order valence-corrected chi connectivity index (χ0v) is 8.68.